The van der Waals surface area contributed by atoms with Gasteiger partial charge >= 0.3 is 0 Å². The SMILES string of the molecule is CN(C1CCN(c2ccc(-c3cnc(N)c(-c4ccc5c(c4)CCNC5=O)n3)cc2)C1)S(C)(=O)=O. The fourth-order valence-corrected chi connectivity index (χ4v) is 5.43. The lowest BCUT2D eigenvalue weighted by atomic mass is 9.96. The lowest BCUT2D eigenvalue weighted by Gasteiger charge is -2.23. The first-order valence-electron chi connectivity index (χ1n) is 11.5. The van der Waals surface area contributed by atoms with Crippen LogP contribution in [0.1, 0.15) is 22.3 Å². The van der Waals surface area contributed by atoms with Gasteiger partial charge in [0.15, 0.2) is 0 Å². The molecule has 2 aliphatic heterocycles. The fourth-order valence-electron chi connectivity index (χ4n) is 4.71. The van der Waals surface area contributed by atoms with E-state index in [1.807, 2.05) is 42.5 Å². The third-order valence-corrected chi connectivity index (χ3v) is 8.18. The maximum absolute atomic E-state index is 12.1. The Hall–Kier alpha value is -3.50. The molecular weight excluding hydrogens is 464 g/mol. The highest BCUT2D eigenvalue weighted by Gasteiger charge is 2.30. The standard InChI is InChI=1S/C25H28N6O3S/c1-30(35(2,33)34)20-10-12-31(15-20)19-6-3-16(4-7-19)22-14-28-24(26)23(29-22)18-5-8-21-17(13-18)9-11-27-25(21)32/h3-8,13-14,20H,9-12,15H2,1-2H3,(H2,26,28)(H,27,32). The lowest BCUT2D eigenvalue weighted by molar-refractivity contribution is 0.0946. The highest BCUT2D eigenvalue weighted by Crippen LogP contribution is 2.30. The molecule has 1 aromatic heterocycles. The van der Waals surface area contributed by atoms with Gasteiger partial charge < -0.3 is 16.0 Å². The Morgan fingerprint density at radius 2 is 1.89 bits per heavy atom. The number of nitrogen functional groups attached to an aromatic ring is 1. The van der Waals surface area contributed by atoms with Gasteiger partial charge in [-0.25, -0.2) is 22.7 Å². The number of nitrogens with zero attached hydrogens (tertiary/aromatic N) is 4. The number of nitrogens with one attached hydrogen (secondary N) is 1. The molecule has 1 amide bonds. The lowest BCUT2D eigenvalue weighted by Crippen LogP contribution is -2.38. The fraction of sp³-hybridized carbons (Fsp3) is 0.320. The van der Waals surface area contributed by atoms with E-state index in [0.717, 1.165) is 41.8 Å². The molecule has 3 heterocycles. The Bertz CT molecular complexity index is 1390. The molecule has 0 aliphatic carbocycles. The van der Waals surface area contributed by atoms with Crippen LogP contribution >= 0.6 is 0 Å². The van der Waals surface area contributed by atoms with Gasteiger partial charge in [-0.05, 0) is 42.7 Å². The summed E-state index contributed by atoms with van der Waals surface area (Å²) in [5.74, 6) is 0.279. The second-order valence-corrected chi connectivity index (χ2v) is 11.1. The first-order valence-corrected chi connectivity index (χ1v) is 13.4. The molecule has 9 nitrogen and oxygen atoms in total. The highest BCUT2D eigenvalue weighted by molar-refractivity contribution is 7.88. The van der Waals surface area contributed by atoms with Crippen molar-refractivity contribution in [2.75, 3.05) is 43.6 Å². The van der Waals surface area contributed by atoms with Crippen molar-refractivity contribution in [2.45, 2.75) is 18.9 Å². The van der Waals surface area contributed by atoms with Crippen molar-refractivity contribution in [1.29, 1.82) is 0 Å². The van der Waals surface area contributed by atoms with Gasteiger partial charge in [-0.1, -0.05) is 18.2 Å². The molecule has 1 fully saturated rings. The van der Waals surface area contributed by atoms with Crippen LogP contribution in [0.5, 0.6) is 0 Å². The first-order chi connectivity index (χ1) is 16.7. The van der Waals surface area contributed by atoms with E-state index in [0.29, 0.717) is 35.9 Å². The van der Waals surface area contributed by atoms with E-state index in [9.17, 15) is 13.2 Å². The summed E-state index contributed by atoms with van der Waals surface area (Å²) >= 11 is 0. The molecule has 1 atom stereocenters. The monoisotopic (exact) mass is 492 g/mol. The summed E-state index contributed by atoms with van der Waals surface area (Å²) in [6, 6.07) is 13.6. The smallest absolute Gasteiger partial charge is 0.251 e. The van der Waals surface area contributed by atoms with Crippen LogP contribution < -0.4 is 16.0 Å². The molecule has 2 aromatic carbocycles. The number of hydrogen-bond acceptors (Lipinski definition) is 7. The third kappa shape index (κ3) is 4.59. The molecule has 2 aliphatic rings. The molecule has 1 unspecified atom stereocenters. The zero-order chi connectivity index (χ0) is 24.7. The van der Waals surface area contributed by atoms with Crippen molar-refractivity contribution in [3.8, 4) is 22.5 Å². The molecule has 182 valence electrons. The summed E-state index contributed by atoms with van der Waals surface area (Å²) in [7, 11) is -1.57. The minimum absolute atomic E-state index is 0.0297. The molecule has 3 aromatic rings. The van der Waals surface area contributed by atoms with Crippen LogP contribution in [0.3, 0.4) is 0 Å². The molecule has 0 radical (unpaired) electrons. The van der Waals surface area contributed by atoms with Crippen LogP contribution in [0.25, 0.3) is 22.5 Å². The Balaban J connectivity index is 1.37. The number of nitrogens with two attached hydrogens (primary N) is 1. The van der Waals surface area contributed by atoms with E-state index in [4.69, 9.17) is 10.7 Å². The Labute approximate surface area is 205 Å². The number of anilines is 2. The van der Waals surface area contributed by atoms with Gasteiger partial charge in [0.05, 0.1) is 18.1 Å². The van der Waals surface area contributed by atoms with Gasteiger partial charge in [0.25, 0.3) is 5.91 Å². The van der Waals surface area contributed by atoms with Gasteiger partial charge in [0.2, 0.25) is 10.0 Å². The van der Waals surface area contributed by atoms with Gasteiger partial charge in [0, 0.05) is 55.1 Å². The maximum atomic E-state index is 12.1. The van der Waals surface area contributed by atoms with Crippen molar-refractivity contribution in [1.82, 2.24) is 19.6 Å². The van der Waals surface area contributed by atoms with E-state index in [1.165, 1.54) is 10.6 Å². The second kappa shape index (κ2) is 8.94. The Morgan fingerprint density at radius 3 is 2.63 bits per heavy atom. The highest BCUT2D eigenvalue weighted by atomic mass is 32.2. The number of sulfonamides is 1. The maximum Gasteiger partial charge on any atom is 0.251 e. The number of amides is 1. The number of fused-ring (bicyclic) bond motifs is 1. The van der Waals surface area contributed by atoms with E-state index in [-0.39, 0.29) is 11.9 Å². The average Bonchev–Trinajstić information content (AvgIpc) is 3.33. The third-order valence-electron chi connectivity index (χ3n) is 6.83. The summed E-state index contributed by atoms with van der Waals surface area (Å²) in [6.45, 7) is 2.07. The summed E-state index contributed by atoms with van der Waals surface area (Å²) in [4.78, 5) is 23.4. The summed E-state index contributed by atoms with van der Waals surface area (Å²) in [6.07, 6.45) is 4.46. The zero-order valence-corrected chi connectivity index (χ0v) is 20.5. The van der Waals surface area contributed by atoms with Gasteiger partial charge in [-0.15, -0.1) is 0 Å². The zero-order valence-electron chi connectivity index (χ0n) is 19.7. The normalized spacial score (nSPS) is 18.0. The summed E-state index contributed by atoms with van der Waals surface area (Å²) < 4.78 is 25.2. The molecule has 35 heavy (non-hydrogen) atoms. The molecule has 0 saturated carbocycles. The molecule has 0 spiro atoms. The Morgan fingerprint density at radius 1 is 1.14 bits per heavy atom. The van der Waals surface area contributed by atoms with Crippen molar-refractivity contribution in [3.63, 3.8) is 0 Å². The largest absolute Gasteiger partial charge is 0.382 e. The van der Waals surface area contributed by atoms with E-state index < -0.39 is 10.0 Å². The number of aromatic nitrogens is 2. The molecule has 5 rings (SSSR count). The van der Waals surface area contributed by atoms with Crippen molar-refractivity contribution >= 4 is 27.4 Å². The number of likely N-dealkylation sites (N-methyl/N-ethyl adjacent to an activating group) is 1. The molecule has 3 N–H and O–H groups in total. The quantitative estimate of drug-likeness (QED) is 0.560. The number of carbonyl (C=O) groups excluding carboxylic acids is 1. The van der Waals surface area contributed by atoms with E-state index in [2.05, 4.69) is 15.2 Å². The van der Waals surface area contributed by atoms with Crippen molar-refractivity contribution < 1.29 is 13.2 Å². The van der Waals surface area contributed by atoms with Gasteiger partial charge in [0.1, 0.15) is 11.5 Å². The van der Waals surface area contributed by atoms with E-state index >= 15 is 0 Å². The van der Waals surface area contributed by atoms with Gasteiger partial charge in [-0.3, -0.25) is 4.79 Å². The molecular formula is C25H28N6O3S. The van der Waals surface area contributed by atoms with E-state index in [1.54, 1.807) is 13.2 Å². The summed E-state index contributed by atoms with van der Waals surface area (Å²) in [5.41, 5.74) is 11.9. The van der Waals surface area contributed by atoms with Crippen LogP contribution in [0.4, 0.5) is 11.5 Å². The van der Waals surface area contributed by atoms with Crippen molar-refractivity contribution in [3.05, 3.63) is 59.8 Å². The van der Waals surface area contributed by atoms with Crippen LogP contribution in [0.15, 0.2) is 48.7 Å². The minimum Gasteiger partial charge on any atom is -0.382 e. The van der Waals surface area contributed by atoms with Gasteiger partial charge in [-0.2, -0.15) is 0 Å². The predicted molar refractivity (Wildman–Crippen MR) is 137 cm³/mol. The average molecular weight is 493 g/mol. The number of hydrogen-bond donors (Lipinski definition) is 2. The van der Waals surface area contributed by atoms with Crippen LogP contribution in [-0.4, -0.2) is 67.6 Å². The van der Waals surface area contributed by atoms with Crippen LogP contribution in [0, 0.1) is 0 Å². The Kier molecular flexibility index (Phi) is 5.94. The molecule has 1 saturated heterocycles. The molecule has 10 heteroatoms. The number of benzene rings is 2. The van der Waals surface area contributed by atoms with Crippen LogP contribution in [-0.2, 0) is 16.4 Å². The topological polar surface area (TPSA) is 122 Å². The first kappa shape index (κ1) is 23.3. The number of carbonyl (C=O) groups is 1. The van der Waals surface area contributed by atoms with Crippen LogP contribution in [0.2, 0.25) is 0 Å². The second-order valence-electron chi connectivity index (χ2n) is 9.08. The predicted octanol–water partition coefficient (Wildman–Crippen LogP) is 2.15. The summed E-state index contributed by atoms with van der Waals surface area (Å²) in [5, 5.41) is 2.85. The van der Waals surface area contributed by atoms with Crippen molar-refractivity contribution in [2.24, 2.45) is 0 Å². The minimum atomic E-state index is -3.21. The number of rotatable bonds is 5. The molecule has 0 bridgehead atoms.